The van der Waals surface area contributed by atoms with Gasteiger partial charge < -0.3 is 14.8 Å². The minimum atomic E-state index is -0.407. The number of benzene rings is 1. The van der Waals surface area contributed by atoms with E-state index < -0.39 is 6.04 Å². The molecule has 0 bridgehead atoms. The standard InChI is InChI=1S/C13H16FN3O2/c1-2-3-12-16-17-13(19-12)15-11(8-18)9-4-6-10(14)7-5-9/h4-7,11,18H,2-3,8H2,1H3,(H,15,17)/t11-/m0/s1. The summed E-state index contributed by atoms with van der Waals surface area (Å²) < 4.78 is 18.2. The SMILES string of the molecule is CCCc1nnc(N[C@@H](CO)c2ccc(F)cc2)o1. The third-order valence-electron chi connectivity index (χ3n) is 2.68. The number of aromatic nitrogens is 2. The lowest BCUT2D eigenvalue weighted by molar-refractivity contribution is 0.274. The Hall–Kier alpha value is -1.95. The van der Waals surface area contributed by atoms with Crippen LogP contribution in [0.5, 0.6) is 0 Å². The van der Waals surface area contributed by atoms with Crippen LogP contribution in [0.2, 0.25) is 0 Å². The highest BCUT2D eigenvalue weighted by Crippen LogP contribution is 2.19. The number of rotatable bonds is 6. The minimum Gasteiger partial charge on any atom is -0.408 e. The highest BCUT2D eigenvalue weighted by molar-refractivity contribution is 5.29. The second-order valence-electron chi connectivity index (χ2n) is 4.18. The molecule has 0 unspecified atom stereocenters. The molecule has 1 atom stereocenters. The number of hydrogen-bond acceptors (Lipinski definition) is 5. The number of aryl methyl sites for hydroxylation is 1. The fourth-order valence-corrected chi connectivity index (χ4v) is 1.71. The molecule has 1 aromatic heterocycles. The van der Waals surface area contributed by atoms with Gasteiger partial charge >= 0.3 is 6.01 Å². The van der Waals surface area contributed by atoms with Gasteiger partial charge in [0.1, 0.15) is 5.82 Å². The Kier molecular flexibility index (Phi) is 4.46. The first-order valence-corrected chi connectivity index (χ1v) is 6.18. The highest BCUT2D eigenvalue weighted by Gasteiger charge is 2.14. The number of aliphatic hydroxyl groups is 1. The molecule has 2 rings (SSSR count). The first kappa shape index (κ1) is 13.5. The second-order valence-corrected chi connectivity index (χ2v) is 4.18. The first-order chi connectivity index (χ1) is 9.22. The average Bonchev–Trinajstić information content (AvgIpc) is 2.85. The maximum absolute atomic E-state index is 12.8. The van der Waals surface area contributed by atoms with Crippen molar-refractivity contribution in [1.29, 1.82) is 0 Å². The molecule has 19 heavy (non-hydrogen) atoms. The van der Waals surface area contributed by atoms with Crippen LogP contribution in [-0.4, -0.2) is 21.9 Å². The zero-order chi connectivity index (χ0) is 13.7. The van der Waals surface area contributed by atoms with Gasteiger partial charge in [-0.15, -0.1) is 5.10 Å². The third-order valence-corrected chi connectivity index (χ3v) is 2.68. The van der Waals surface area contributed by atoms with E-state index >= 15 is 0 Å². The molecule has 1 heterocycles. The molecule has 0 spiro atoms. The fourth-order valence-electron chi connectivity index (χ4n) is 1.71. The van der Waals surface area contributed by atoms with Gasteiger partial charge in [-0.3, -0.25) is 0 Å². The van der Waals surface area contributed by atoms with Crippen molar-refractivity contribution in [2.24, 2.45) is 0 Å². The molecule has 2 aromatic rings. The Morgan fingerprint density at radius 2 is 2.05 bits per heavy atom. The number of halogens is 1. The van der Waals surface area contributed by atoms with Crippen LogP contribution >= 0.6 is 0 Å². The number of nitrogens with zero attached hydrogens (tertiary/aromatic N) is 2. The van der Waals surface area contributed by atoms with Gasteiger partial charge in [0.15, 0.2) is 0 Å². The van der Waals surface area contributed by atoms with Crippen LogP contribution in [0.25, 0.3) is 0 Å². The van der Waals surface area contributed by atoms with E-state index in [9.17, 15) is 9.50 Å². The maximum atomic E-state index is 12.8. The topological polar surface area (TPSA) is 71.2 Å². The van der Waals surface area contributed by atoms with Gasteiger partial charge in [0.05, 0.1) is 12.6 Å². The Morgan fingerprint density at radius 3 is 2.68 bits per heavy atom. The van der Waals surface area contributed by atoms with E-state index in [0.717, 1.165) is 18.4 Å². The van der Waals surface area contributed by atoms with E-state index in [2.05, 4.69) is 15.5 Å². The van der Waals surface area contributed by atoms with Crippen molar-refractivity contribution in [1.82, 2.24) is 10.2 Å². The molecule has 2 N–H and O–H groups in total. The van der Waals surface area contributed by atoms with Gasteiger partial charge in [-0.05, 0) is 24.1 Å². The predicted octanol–water partition coefficient (Wildman–Crippen LogP) is 2.31. The number of aliphatic hydroxyl groups excluding tert-OH is 1. The second kappa shape index (κ2) is 6.29. The van der Waals surface area contributed by atoms with E-state index in [0.29, 0.717) is 5.89 Å². The molecule has 5 nitrogen and oxygen atoms in total. The van der Waals surface area contributed by atoms with Crippen molar-refractivity contribution < 1.29 is 13.9 Å². The van der Waals surface area contributed by atoms with Gasteiger partial charge in [0.2, 0.25) is 5.89 Å². The van der Waals surface area contributed by atoms with Crippen molar-refractivity contribution >= 4 is 6.01 Å². The molecule has 0 radical (unpaired) electrons. The zero-order valence-corrected chi connectivity index (χ0v) is 10.6. The maximum Gasteiger partial charge on any atom is 0.316 e. The minimum absolute atomic E-state index is 0.156. The molecule has 6 heteroatoms. The van der Waals surface area contributed by atoms with E-state index in [4.69, 9.17) is 4.42 Å². The zero-order valence-electron chi connectivity index (χ0n) is 10.6. The van der Waals surface area contributed by atoms with Crippen LogP contribution in [0.3, 0.4) is 0 Å². The summed E-state index contributed by atoms with van der Waals surface area (Å²) in [5.41, 5.74) is 0.749. The van der Waals surface area contributed by atoms with Crippen LogP contribution < -0.4 is 5.32 Å². The summed E-state index contributed by atoms with van der Waals surface area (Å²) in [6.45, 7) is 1.86. The van der Waals surface area contributed by atoms with Gasteiger partial charge in [-0.25, -0.2) is 4.39 Å². The summed E-state index contributed by atoms with van der Waals surface area (Å²) >= 11 is 0. The molecular formula is C13H16FN3O2. The normalized spacial score (nSPS) is 12.4. The summed E-state index contributed by atoms with van der Waals surface area (Å²) in [6, 6.07) is 5.74. The predicted molar refractivity (Wildman–Crippen MR) is 68.1 cm³/mol. The lowest BCUT2D eigenvalue weighted by Crippen LogP contribution is -2.15. The van der Waals surface area contributed by atoms with Gasteiger partial charge in [-0.2, -0.15) is 0 Å². The molecule has 0 aliphatic carbocycles. The van der Waals surface area contributed by atoms with Crippen LogP contribution in [0, 0.1) is 5.82 Å². The first-order valence-electron chi connectivity index (χ1n) is 6.18. The summed E-state index contributed by atoms with van der Waals surface area (Å²) in [5.74, 6) is 0.240. The number of hydrogen-bond donors (Lipinski definition) is 2. The average molecular weight is 265 g/mol. The lowest BCUT2D eigenvalue weighted by Gasteiger charge is -2.14. The summed E-state index contributed by atoms with van der Waals surface area (Å²) in [6.07, 6.45) is 1.64. The quantitative estimate of drug-likeness (QED) is 0.838. The fraction of sp³-hybridized carbons (Fsp3) is 0.385. The smallest absolute Gasteiger partial charge is 0.316 e. The van der Waals surface area contributed by atoms with Crippen molar-refractivity contribution in [2.75, 3.05) is 11.9 Å². The van der Waals surface area contributed by atoms with Crippen LogP contribution in [0.4, 0.5) is 10.4 Å². The molecular weight excluding hydrogens is 249 g/mol. The van der Waals surface area contributed by atoms with Crippen molar-refractivity contribution in [3.05, 3.63) is 41.5 Å². The number of nitrogens with one attached hydrogen (secondary N) is 1. The molecule has 0 amide bonds. The van der Waals surface area contributed by atoms with Crippen LogP contribution in [-0.2, 0) is 6.42 Å². The molecule has 0 fully saturated rings. The molecule has 0 aliphatic heterocycles. The van der Waals surface area contributed by atoms with Crippen molar-refractivity contribution in [3.8, 4) is 0 Å². The Labute approximate surface area is 110 Å². The summed E-state index contributed by atoms with van der Waals surface area (Å²) in [5, 5.41) is 20.0. The van der Waals surface area contributed by atoms with E-state index in [1.165, 1.54) is 12.1 Å². The Morgan fingerprint density at radius 1 is 1.32 bits per heavy atom. The van der Waals surface area contributed by atoms with Crippen molar-refractivity contribution in [3.63, 3.8) is 0 Å². The Bertz CT molecular complexity index is 513. The molecule has 102 valence electrons. The monoisotopic (exact) mass is 265 g/mol. The van der Waals surface area contributed by atoms with Crippen molar-refractivity contribution in [2.45, 2.75) is 25.8 Å². The number of anilines is 1. The molecule has 0 saturated carbocycles. The summed E-state index contributed by atoms with van der Waals surface area (Å²) in [4.78, 5) is 0. The van der Waals surface area contributed by atoms with E-state index in [1.807, 2.05) is 6.92 Å². The lowest BCUT2D eigenvalue weighted by atomic mass is 10.1. The van der Waals surface area contributed by atoms with Gasteiger partial charge in [0, 0.05) is 6.42 Å². The molecule has 0 saturated heterocycles. The third kappa shape index (κ3) is 3.51. The Balaban J connectivity index is 2.07. The van der Waals surface area contributed by atoms with Crippen LogP contribution in [0.15, 0.2) is 28.7 Å². The highest BCUT2D eigenvalue weighted by atomic mass is 19.1. The van der Waals surface area contributed by atoms with Gasteiger partial charge in [0.25, 0.3) is 0 Å². The van der Waals surface area contributed by atoms with Crippen LogP contribution in [0.1, 0.15) is 30.8 Å². The molecule has 0 aliphatic rings. The van der Waals surface area contributed by atoms with E-state index in [-0.39, 0.29) is 18.4 Å². The molecule has 1 aromatic carbocycles. The largest absolute Gasteiger partial charge is 0.408 e. The van der Waals surface area contributed by atoms with E-state index in [1.54, 1.807) is 12.1 Å². The summed E-state index contributed by atoms with van der Waals surface area (Å²) in [7, 11) is 0. The van der Waals surface area contributed by atoms with Gasteiger partial charge in [-0.1, -0.05) is 24.2 Å².